The first kappa shape index (κ1) is 108. The summed E-state index contributed by atoms with van der Waals surface area (Å²) < 4.78 is 62.1. The fourth-order valence-electron chi connectivity index (χ4n) is 17.6. The van der Waals surface area contributed by atoms with Crippen molar-refractivity contribution in [1.29, 1.82) is 0 Å². The lowest BCUT2D eigenvalue weighted by Gasteiger charge is -2.32. The molecule has 0 atom stereocenters. The van der Waals surface area contributed by atoms with E-state index in [1.165, 1.54) is 71.8 Å². The highest BCUT2D eigenvalue weighted by atomic mass is 16.5. The molecule has 4 fully saturated rings. The average molecular weight is 2050 g/mol. The van der Waals surface area contributed by atoms with Gasteiger partial charge in [-0.3, -0.25) is 37.5 Å². The monoisotopic (exact) mass is 2050 g/mol. The van der Waals surface area contributed by atoms with Gasteiger partial charge in [-0.05, 0) is 152 Å². The summed E-state index contributed by atoms with van der Waals surface area (Å²) in [5, 5.41) is 3.49. The summed E-state index contributed by atoms with van der Waals surface area (Å²) in [4.78, 5) is 129. The molecule has 0 spiro atoms. The van der Waals surface area contributed by atoms with Crippen LogP contribution < -0.4 is 86.1 Å². The molecule has 46 heteroatoms. The van der Waals surface area contributed by atoms with Crippen molar-refractivity contribution in [3.05, 3.63) is 254 Å². The van der Waals surface area contributed by atoms with Gasteiger partial charge in [-0.15, -0.1) is 0 Å². The SMILES string of the molecule is C.COCCOc1nc(N)c2[nH]c(=O)n(Cc3cccc(CN4CCCC4)c3)c2n1.COCCOc1nc(N)c2[nH]c(=O)n(Cc3cccc(CN4CCCCC4)c3)c2n1.COCCOc1nc(N)c2[nH]c(=O)n(Cc3cccc(CN4CCN(C)CC4)c3)c2n1.COCCOc1nc(N)c2[nH]c(=O)n(Cc3cccc(CNCC4CC4)c3)c2n1.COCCOc1nc(N)c2[nH]c(=O)n(Cc3cccc(Cn4cccc4)c3)c2n1. The molecule has 0 radical (unpaired) electrons. The van der Waals surface area contributed by atoms with Gasteiger partial charge < -0.3 is 116 Å². The minimum atomic E-state index is -0.300. The van der Waals surface area contributed by atoms with Crippen LogP contribution >= 0.6 is 0 Å². The third-order valence-electron chi connectivity index (χ3n) is 25.4. The Labute approximate surface area is 859 Å². The van der Waals surface area contributed by atoms with Gasteiger partial charge in [0, 0.05) is 107 Å². The fraction of sp³-hybridized carbons (Fsp3) is 0.427. The number of hydrogen-bond donors (Lipinski definition) is 11. The number of anilines is 5. The molecule has 0 bridgehead atoms. The number of likely N-dealkylation sites (tertiary alicyclic amines) is 2. The Hall–Kier alpha value is -15.3. The van der Waals surface area contributed by atoms with Crippen LogP contribution in [0, 0.1) is 5.92 Å². The molecule has 20 rings (SSSR count). The van der Waals surface area contributed by atoms with Crippen molar-refractivity contribution >= 4 is 84.9 Å². The van der Waals surface area contributed by atoms with E-state index >= 15 is 0 Å². The summed E-state index contributed by atoms with van der Waals surface area (Å²) in [7, 11) is 10.1. The highest BCUT2D eigenvalue weighted by Gasteiger charge is 2.26. The zero-order valence-corrected chi connectivity index (χ0v) is 84.3. The van der Waals surface area contributed by atoms with Crippen LogP contribution in [0.3, 0.4) is 0 Å². The van der Waals surface area contributed by atoms with E-state index in [1.54, 1.807) is 53.8 Å². The van der Waals surface area contributed by atoms with Crippen molar-refractivity contribution in [1.82, 2.24) is 127 Å². The zero-order chi connectivity index (χ0) is 103. The summed E-state index contributed by atoms with van der Waals surface area (Å²) in [6.07, 6.45) is 13.1. The molecule has 1 aliphatic carbocycles. The van der Waals surface area contributed by atoms with Crippen LogP contribution in [0.2, 0.25) is 0 Å². The van der Waals surface area contributed by atoms with E-state index in [4.69, 9.17) is 76.0 Å². The van der Waals surface area contributed by atoms with Crippen LogP contribution in [-0.2, 0) is 89.1 Å². The fourth-order valence-corrected chi connectivity index (χ4v) is 17.6. The predicted octanol–water partition coefficient (Wildman–Crippen LogP) is 7.19. The van der Waals surface area contributed by atoms with E-state index in [-0.39, 0.29) is 102 Å². The van der Waals surface area contributed by atoms with Gasteiger partial charge in [0.15, 0.2) is 57.3 Å². The number of benzene rings is 5. The normalized spacial score (nSPS) is 14.0. The first-order valence-electron chi connectivity index (χ1n) is 49.5. The largest absolute Gasteiger partial charge is 0.461 e. The van der Waals surface area contributed by atoms with Gasteiger partial charge in [0.25, 0.3) is 0 Å². The third-order valence-corrected chi connectivity index (χ3v) is 25.4. The van der Waals surface area contributed by atoms with Crippen molar-refractivity contribution in [2.45, 2.75) is 118 Å². The molecule has 0 unspecified atom stereocenters. The van der Waals surface area contributed by atoms with Crippen LogP contribution in [0.25, 0.3) is 55.8 Å². The zero-order valence-electron chi connectivity index (χ0n) is 84.3. The van der Waals surface area contributed by atoms with Crippen molar-refractivity contribution in [2.75, 3.05) is 196 Å². The molecule has 14 heterocycles. The third kappa shape index (κ3) is 29.6. The summed E-state index contributed by atoms with van der Waals surface area (Å²) in [5.41, 5.74) is 43.9. The number of ether oxygens (including phenoxy) is 10. The Kier molecular flexibility index (Phi) is 38.3. The lowest BCUT2D eigenvalue weighted by Crippen LogP contribution is -2.43. The Morgan fingerprint density at radius 2 is 0.544 bits per heavy atom. The number of hydrogen-bond acceptors (Lipinski definition) is 35. The summed E-state index contributed by atoms with van der Waals surface area (Å²) in [6, 6.07) is 45.9. The van der Waals surface area contributed by atoms with Gasteiger partial charge in [0.05, 0.1) is 65.8 Å². The number of aromatic nitrogens is 21. The number of nitrogen functional groups attached to an aromatic ring is 5. The van der Waals surface area contributed by atoms with Crippen LogP contribution in [0.1, 0.15) is 108 Å². The number of nitrogens with two attached hydrogens (primary N) is 5. The second kappa shape index (κ2) is 52.9. The molecule has 11 aromatic heterocycles. The molecular weight excluding hydrogens is 1910 g/mol. The van der Waals surface area contributed by atoms with E-state index in [2.05, 4.69) is 172 Å². The number of piperidine rings is 1. The van der Waals surface area contributed by atoms with E-state index in [0.29, 0.717) is 148 Å². The highest BCUT2D eigenvalue weighted by molar-refractivity contribution is 5.85. The topological polar surface area (TPSA) is 570 Å². The Morgan fingerprint density at radius 3 is 0.812 bits per heavy atom. The summed E-state index contributed by atoms with van der Waals surface area (Å²) >= 11 is 0. The maximum absolute atomic E-state index is 12.6. The molecule has 792 valence electrons. The lowest BCUT2D eigenvalue weighted by atomic mass is 10.1. The quantitative estimate of drug-likeness (QED) is 0.0169. The number of piperazine rings is 1. The average Bonchev–Trinajstić information content (AvgIpc) is 1.65. The van der Waals surface area contributed by atoms with Gasteiger partial charge in [-0.25, -0.2) is 24.0 Å². The van der Waals surface area contributed by atoms with E-state index in [0.717, 1.165) is 131 Å². The molecule has 3 saturated heterocycles. The molecule has 4 aliphatic rings. The number of nitrogens with one attached hydrogen (secondary N) is 6. The highest BCUT2D eigenvalue weighted by Crippen LogP contribution is 2.30. The maximum atomic E-state index is 12.6. The number of H-pyrrole nitrogens is 5. The number of nitrogens with zero attached hydrogens (tertiary/aromatic N) is 20. The van der Waals surface area contributed by atoms with Crippen LogP contribution in [0.4, 0.5) is 29.1 Å². The number of rotatable bonds is 42. The molecule has 5 aromatic carbocycles. The van der Waals surface area contributed by atoms with Crippen LogP contribution in [0.15, 0.2) is 170 Å². The molecule has 149 heavy (non-hydrogen) atoms. The molecule has 16 N–H and O–H groups in total. The van der Waals surface area contributed by atoms with Crippen molar-refractivity contribution in [3.8, 4) is 30.1 Å². The molecule has 16 aromatic rings. The minimum absolute atomic E-state index is 0. The number of methoxy groups -OCH3 is 5. The second-order valence-corrected chi connectivity index (χ2v) is 36.7. The second-order valence-electron chi connectivity index (χ2n) is 36.7. The van der Waals surface area contributed by atoms with Gasteiger partial charge in [0.1, 0.15) is 60.6 Å². The smallest absolute Gasteiger partial charge is 0.328 e. The van der Waals surface area contributed by atoms with Gasteiger partial charge in [0.2, 0.25) is 0 Å². The number of fused-ring (bicyclic) bond motifs is 5. The van der Waals surface area contributed by atoms with E-state index in [9.17, 15) is 24.0 Å². The molecule has 3 aliphatic heterocycles. The Morgan fingerprint density at radius 1 is 0.302 bits per heavy atom. The van der Waals surface area contributed by atoms with E-state index in [1.807, 2.05) is 85.2 Å². The Balaban J connectivity index is 0.000000139. The van der Waals surface area contributed by atoms with E-state index < -0.39 is 0 Å². The molecular formula is C103H135N31O15. The van der Waals surface area contributed by atoms with Crippen molar-refractivity contribution < 1.29 is 47.4 Å². The lowest BCUT2D eigenvalue weighted by molar-refractivity contribution is 0.141. The Bertz CT molecular complexity index is 7390. The van der Waals surface area contributed by atoms with Gasteiger partial charge in [-0.2, -0.15) is 49.8 Å². The first-order valence-corrected chi connectivity index (χ1v) is 49.5. The molecule has 1 saturated carbocycles. The number of imidazole rings is 5. The molecule has 46 nitrogen and oxygen atoms in total. The molecule has 0 amide bonds. The first-order chi connectivity index (χ1) is 72.1. The number of likely N-dealkylation sites (N-methyl/N-ethyl adjacent to an activating group) is 1. The van der Waals surface area contributed by atoms with Gasteiger partial charge >= 0.3 is 58.5 Å². The van der Waals surface area contributed by atoms with Crippen LogP contribution in [-0.4, -0.2) is 289 Å². The number of aromatic amines is 5. The van der Waals surface area contributed by atoms with Crippen molar-refractivity contribution in [3.63, 3.8) is 0 Å². The van der Waals surface area contributed by atoms with Crippen molar-refractivity contribution in [2.24, 2.45) is 5.92 Å². The summed E-state index contributed by atoms with van der Waals surface area (Å²) in [6.45, 7) is 19.7. The maximum Gasteiger partial charge on any atom is 0.328 e. The predicted molar refractivity (Wildman–Crippen MR) is 568 cm³/mol. The van der Waals surface area contributed by atoms with Crippen LogP contribution in [0.5, 0.6) is 30.1 Å². The minimum Gasteiger partial charge on any atom is -0.461 e. The summed E-state index contributed by atoms with van der Waals surface area (Å²) in [5.74, 6) is 1.73. The van der Waals surface area contributed by atoms with Gasteiger partial charge in [-0.1, -0.05) is 135 Å². The standard InChI is InChI=1S/C21H29N7O3.C21H28N6O3.C20H26N6O3.C20H22N6O3.C20H26N6O3.CH4/c1-26-6-8-27(9-7-26)13-15-4-3-5-16(12-15)14-28-19-17(23-21(28)29)18(22)24-20(25-19)31-11-10-30-2;1-29-10-11-30-20-24-18(22)17-19(25-20)27(21(28)23-17)14-16-7-5-6-15(12-16)13-26-8-3-2-4-9-26;2*1-28-9-10-29-19-23-17(21)16-18(24-19)26(20(27)22-16)13-15-6-4-5-14(11-15)12-25-7-2-3-8-25;1-28-7-8-29-19-24-17(21)16-18(25-19)26(20(27)23-16)12-15-4-2-3-14(9-15)11-22-10-13-5-6-13;/h3-5,12H,6-11,13-14H2,1-2H3,(H,23,29)(H2,22,24,25);5-7,12H,2-4,8-11,13-14H2,1H3,(H,23,28)(H2,22,24,25);4-6,11H,2-3,7-10,12-13H2,1H3,(H,22,27)(H2,21,23,24);2-8,11H,9-10,12-13H2,1H3,(H,22,27)(H2,21,23,24);2-4,9,13,22H,5-8,10-12H2,1H3,(H,23,27)(H2,21,24,25);1H4.